The molecule has 0 aliphatic heterocycles. The van der Waals surface area contributed by atoms with Crippen molar-refractivity contribution in [2.75, 3.05) is 7.11 Å². The zero-order valence-corrected chi connectivity index (χ0v) is 10.6. The highest BCUT2D eigenvalue weighted by Gasteiger charge is 2.19. The van der Waals surface area contributed by atoms with Gasteiger partial charge in [-0.05, 0) is 24.1 Å². The van der Waals surface area contributed by atoms with E-state index >= 15 is 0 Å². The zero-order valence-electron chi connectivity index (χ0n) is 9.00. The molecule has 1 unspecified atom stereocenters. The van der Waals surface area contributed by atoms with Gasteiger partial charge in [-0.2, -0.15) is 0 Å². The third-order valence-corrected chi connectivity index (χ3v) is 2.86. The van der Waals surface area contributed by atoms with Crippen LogP contribution < -0.4 is 0 Å². The standard InChI is InChI=1S/C12H15BrO2/c1-3-4-11(12(14)15-2)9-5-7-10(13)8-6-9/h5-8,11H,3-4H2,1-2H3. The van der Waals surface area contributed by atoms with Crippen LogP contribution in [0.1, 0.15) is 31.2 Å². The Morgan fingerprint density at radius 2 is 2.00 bits per heavy atom. The number of benzene rings is 1. The molecule has 0 spiro atoms. The molecule has 1 rings (SSSR count). The van der Waals surface area contributed by atoms with E-state index in [-0.39, 0.29) is 11.9 Å². The summed E-state index contributed by atoms with van der Waals surface area (Å²) in [6.07, 6.45) is 1.80. The van der Waals surface area contributed by atoms with E-state index in [0.717, 1.165) is 22.9 Å². The first-order valence-corrected chi connectivity index (χ1v) is 5.81. The van der Waals surface area contributed by atoms with E-state index in [1.54, 1.807) is 0 Å². The molecule has 15 heavy (non-hydrogen) atoms. The topological polar surface area (TPSA) is 26.3 Å². The van der Waals surface area contributed by atoms with Crippen LogP contribution in [0.2, 0.25) is 0 Å². The molecule has 0 bridgehead atoms. The van der Waals surface area contributed by atoms with Crippen molar-refractivity contribution in [3.05, 3.63) is 34.3 Å². The lowest BCUT2D eigenvalue weighted by atomic mass is 9.95. The maximum Gasteiger partial charge on any atom is 0.313 e. The molecule has 0 saturated heterocycles. The Morgan fingerprint density at radius 1 is 1.40 bits per heavy atom. The maximum absolute atomic E-state index is 11.6. The Bertz CT molecular complexity index is 319. The van der Waals surface area contributed by atoms with E-state index in [1.165, 1.54) is 7.11 Å². The van der Waals surface area contributed by atoms with E-state index in [9.17, 15) is 4.79 Å². The average Bonchev–Trinajstić information content (AvgIpc) is 2.26. The van der Waals surface area contributed by atoms with Gasteiger partial charge in [-0.25, -0.2) is 0 Å². The van der Waals surface area contributed by atoms with Crippen molar-refractivity contribution in [1.82, 2.24) is 0 Å². The second-order valence-electron chi connectivity index (χ2n) is 3.42. The summed E-state index contributed by atoms with van der Waals surface area (Å²) in [5.41, 5.74) is 1.02. The van der Waals surface area contributed by atoms with Crippen molar-refractivity contribution in [2.45, 2.75) is 25.7 Å². The molecule has 0 aromatic heterocycles. The summed E-state index contributed by atoms with van der Waals surface area (Å²) in [5.74, 6) is -0.285. The maximum atomic E-state index is 11.6. The van der Waals surface area contributed by atoms with Crippen molar-refractivity contribution in [3.8, 4) is 0 Å². The molecule has 1 aromatic rings. The molecule has 2 nitrogen and oxygen atoms in total. The number of halogens is 1. The number of rotatable bonds is 4. The Kier molecular flexibility index (Phi) is 4.82. The van der Waals surface area contributed by atoms with Crippen LogP contribution in [-0.4, -0.2) is 13.1 Å². The number of hydrogen-bond acceptors (Lipinski definition) is 2. The number of carbonyl (C=O) groups is 1. The van der Waals surface area contributed by atoms with Gasteiger partial charge >= 0.3 is 5.97 Å². The van der Waals surface area contributed by atoms with Gasteiger partial charge in [0.25, 0.3) is 0 Å². The largest absolute Gasteiger partial charge is 0.469 e. The molecule has 3 heteroatoms. The average molecular weight is 271 g/mol. The fourth-order valence-electron chi connectivity index (χ4n) is 1.55. The molecule has 0 radical (unpaired) electrons. The molecular weight excluding hydrogens is 256 g/mol. The molecule has 1 aromatic carbocycles. The van der Waals surface area contributed by atoms with E-state index < -0.39 is 0 Å². The van der Waals surface area contributed by atoms with Crippen LogP contribution >= 0.6 is 15.9 Å². The highest BCUT2D eigenvalue weighted by molar-refractivity contribution is 9.10. The number of carbonyl (C=O) groups excluding carboxylic acids is 1. The first-order valence-electron chi connectivity index (χ1n) is 5.02. The van der Waals surface area contributed by atoms with Gasteiger partial charge in [0.05, 0.1) is 13.0 Å². The molecule has 0 heterocycles. The molecular formula is C12H15BrO2. The predicted octanol–water partition coefficient (Wildman–Crippen LogP) is 3.51. The van der Waals surface area contributed by atoms with Gasteiger partial charge in [-0.1, -0.05) is 41.4 Å². The summed E-state index contributed by atoms with van der Waals surface area (Å²) in [7, 11) is 1.43. The van der Waals surface area contributed by atoms with Gasteiger partial charge in [-0.3, -0.25) is 4.79 Å². The lowest BCUT2D eigenvalue weighted by molar-refractivity contribution is -0.142. The number of ether oxygens (including phenoxy) is 1. The van der Waals surface area contributed by atoms with E-state index in [4.69, 9.17) is 4.74 Å². The molecule has 0 aliphatic carbocycles. The van der Waals surface area contributed by atoms with Crippen LogP contribution in [0.5, 0.6) is 0 Å². The van der Waals surface area contributed by atoms with Crippen molar-refractivity contribution in [3.63, 3.8) is 0 Å². The normalized spacial score (nSPS) is 12.2. The second kappa shape index (κ2) is 5.91. The minimum Gasteiger partial charge on any atom is -0.469 e. The third kappa shape index (κ3) is 3.34. The third-order valence-electron chi connectivity index (χ3n) is 2.34. The predicted molar refractivity (Wildman–Crippen MR) is 63.8 cm³/mol. The number of methoxy groups -OCH3 is 1. The number of hydrogen-bond donors (Lipinski definition) is 0. The van der Waals surface area contributed by atoms with Gasteiger partial charge in [-0.15, -0.1) is 0 Å². The minimum absolute atomic E-state index is 0.131. The van der Waals surface area contributed by atoms with Crippen LogP contribution in [0.15, 0.2) is 28.7 Å². The summed E-state index contributed by atoms with van der Waals surface area (Å²) in [6.45, 7) is 2.06. The molecule has 0 aliphatic rings. The molecule has 0 N–H and O–H groups in total. The Labute approximate surface area is 98.8 Å². The van der Waals surface area contributed by atoms with Gasteiger partial charge < -0.3 is 4.74 Å². The molecule has 0 saturated carbocycles. The van der Waals surface area contributed by atoms with Crippen molar-refractivity contribution in [1.29, 1.82) is 0 Å². The lowest BCUT2D eigenvalue weighted by Crippen LogP contribution is -2.13. The van der Waals surface area contributed by atoms with Gasteiger partial charge in [0, 0.05) is 4.47 Å². The van der Waals surface area contributed by atoms with Crippen molar-refractivity contribution < 1.29 is 9.53 Å². The van der Waals surface area contributed by atoms with Crippen LogP contribution in [-0.2, 0) is 9.53 Å². The summed E-state index contributed by atoms with van der Waals surface area (Å²) in [6, 6.07) is 7.81. The molecule has 0 amide bonds. The highest BCUT2D eigenvalue weighted by Crippen LogP contribution is 2.24. The Morgan fingerprint density at radius 3 is 2.47 bits per heavy atom. The van der Waals surface area contributed by atoms with E-state index in [2.05, 4.69) is 22.9 Å². The summed E-state index contributed by atoms with van der Waals surface area (Å²) in [4.78, 5) is 11.6. The first kappa shape index (κ1) is 12.2. The van der Waals surface area contributed by atoms with E-state index in [1.807, 2.05) is 24.3 Å². The lowest BCUT2D eigenvalue weighted by Gasteiger charge is -2.13. The minimum atomic E-state index is -0.154. The quantitative estimate of drug-likeness (QED) is 0.783. The first-order chi connectivity index (χ1) is 7.19. The second-order valence-corrected chi connectivity index (χ2v) is 4.33. The monoisotopic (exact) mass is 270 g/mol. The van der Waals surface area contributed by atoms with Gasteiger partial charge in [0.2, 0.25) is 0 Å². The summed E-state index contributed by atoms with van der Waals surface area (Å²) < 4.78 is 5.82. The zero-order chi connectivity index (χ0) is 11.3. The van der Waals surface area contributed by atoms with Gasteiger partial charge in [0.1, 0.15) is 0 Å². The van der Waals surface area contributed by atoms with Crippen LogP contribution in [0, 0.1) is 0 Å². The van der Waals surface area contributed by atoms with Crippen LogP contribution in [0.3, 0.4) is 0 Å². The Hall–Kier alpha value is -0.830. The fourth-order valence-corrected chi connectivity index (χ4v) is 1.81. The molecule has 1 atom stereocenters. The SMILES string of the molecule is CCCC(C(=O)OC)c1ccc(Br)cc1. The number of esters is 1. The smallest absolute Gasteiger partial charge is 0.313 e. The van der Waals surface area contributed by atoms with Crippen LogP contribution in [0.4, 0.5) is 0 Å². The summed E-state index contributed by atoms with van der Waals surface area (Å²) in [5, 5.41) is 0. The summed E-state index contributed by atoms with van der Waals surface area (Å²) >= 11 is 3.37. The molecule has 0 fully saturated rings. The van der Waals surface area contributed by atoms with E-state index in [0.29, 0.717) is 0 Å². The van der Waals surface area contributed by atoms with Crippen molar-refractivity contribution in [2.24, 2.45) is 0 Å². The van der Waals surface area contributed by atoms with Crippen molar-refractivity contribution >= 4 is 21.9 Å². The molecule has 82 valence electrons. The highest BCUT2D eigenvalue weighted by atomic mass is 79.9. The fraction of sp³-hybridized carbons (Fsp3) is 0.417. The van der Waals surface area contributed by atoms with Gasteiger partial charge in [0.15, 0.2) is 0 Å². The van der Waals surface area contributed by atoms with Crippen LogP contribution in [0.25, 0.3) is 0 Å². The Balaban J connectivity index is 2.88.